The second-order valence-electron chi connectivity index (χ2n) is 6.29. The third-order valence-electron chi connectivity index (χ3n) is 4.38. The van der Waals surface area contributed by atoms with Crippen molar-refractivity contribution in [3.8, 4) is 0 Å². The van der Waals surface area contributed by atoms with Crippen LogP contribution in [-0.2, 0) is 9.47 Å². The fourth-order valence-corrected chi connectivity index (χ4v) is 3.73. The number of methoxy groups -OCH3 is 1. The first-order chi connectivity index (χ1) is 13.4. The zero-order valence-corrected chi connectivity index (χ0v) is 17.5. The van der Waals surface area contributed by atoms with E-state index in [1.807, 2.05) is 12.3 Å². The molecule has 2 aromatic rings. The van der Waals surface area contributed by atoms with Gasteiger partial charge in [-0.3, -0.25) is 9.59 Å². The number of hydrogen-bond acceptors (Lipinski definition) is 6. The normalized spacial score (nSPS) is 10.7. The molecule has 2 rings (SSSR count). The van der Waals surface area contributed by atoms with E-state index in [2.05, 4.69) is 4.98 Å². The fraction of sp³-hybridized carbons (Fsp3) is 0.450. The average Bonchev–Trinajstić information content (AvgIpc) is 3.31. The Kier molecular flexibility index (Phi) is 7.95. The fourth-order valence-electron chi connectivity index (χ4n) is 3.04. The van der Waals surface area contributed by atoms with Crippen LogP contribution in [-0.4, -0.2) is 61.0 Å². The molecule has 0 atom stereocenters. The van der Waals surface area contributed by atoms with Crippen LogP contribution in [0.3, 0.4) is 0 Å². The molecule has 0 aliphatic rings. The molecule has 7 nitrogen and oxygen atoms in total. The number of aryl methyl sites for hydroxylation is 1. The first-order valence-electron chi connectivity index (χ1n) is 9.11. The number of H-pyrrole nitrogens is 1. The van der Waals surface area contributed by atoms with Gasteiger partial charge in [-0.1, -0.05) is 6.07 Å². The van der Waals surface area contributed by atoms with Crippen molar-refractivity contribution in [2.24, 2.45) is 0 Å². The topological polar surface area (TPSA) is 88.7 Å². The molecule has 0 unspecified atom stereocenters. The maximum Gasteiger partial charge on any atom is 0.354 e. The second kappa shape index (κ2) is 10.2. The molecule has 2 heterocycles. The zero-order valence-electron chi connectivity index (χ0n) is 16.7. The van der Waals surface area contributed by atoms with E-state index in [9.17, 15) is 14.4 Å². The highest BCUT2D eigenvalue weighted by Crippen LogP contribution is 2.20. The maximum absolute atomic E-state index is 13.0. The van der Waals surface area contributed by atoms with Crippen molar-refractivity contribution in [1.82, 2.24) is 9.88 Å². The molecule has 0 aliphatic heterocycles. The van der Waals surface area contributed by atoms with Crippen molar-refractivity contribution < 1.29 is 23.9 Å². The molecule has 0 radical (unpaired) electrons. The maximum atomic E-state index is 13.0. The van der Waals surface area contributed by atoms with Crippen LogP contribution in [0, 0.1) is 13.8 Å². The zero-order chi connectivity index (χ0) is 20.7. The first kappa shape index (κ1) is 21.8. The largest absolute Gasteiger partial charge is 0.464 e. The van der Waals surface area contributed by atoms with Gasteiger partial charge in [0.1, 0.15) is 5.69 Å². The van der Waals surface area contributed by atoms with Gasteiger partial charge >= 0.3 is 5.97 Å². The van der Waals surface area contributed by atoms with E-state index < -0.39 is 5.97 Å². The number of carbonyl (C=O) groups excluding carboxylic acids is 3. The molecule has 0 saturated heterocycles. The summed E-state index contributed by atoms with van der Waals surface area (Å²) in [5.74, 6) is -0.926. The van der Waals surface area contributed by atoms with E-state index in [1.165, 1.54) is 23.3 Å². The van der Waals surface area contributed by atoms with Gasteiger partial charge in [-0.15, -0.1) is 11.3 Å². The number of nitrogens with one attached hydrogen (secondary N) is 1. The van der Waals surface area contributed by atoms with Crippen LogP contribution in [0.4, 0.5) is 0 Å². The number of nitrogens with zero attached hydrogens (tertiary/aromatic N) is 1. The van der Waals surface area contributed by atoms with Gasteiger partial charge < -0.3 is 19.4 Å². The molecule has 152 valence electrons. The van der Waals surface area contributed by atoms with Crippen LogP contribution >= 0.6 is 11.3 Å². The van der Waals surface area contributed by atoms with Gasteiger partial charge in [0.15, 0.2) is 5.78 Å². The number of thiophene rings is 1. The van der Waals surface area contributed by atoms with Gasteiger partial charge in [0, 0.05) is 31.0 Å². The standard InChI is InChI=1S/C20H26N2O5S/c1-5-27-10-7-9-22(19(24)16-8-6-11-28-16)12-15(23)17-13(2)18(20(25)26-4)21-14(17)3/h6,8,11,21H,5,7,9-10,12H2,1-4H3. The molecular formula is C20H26N2O5S. The van der Waals surface area contributed by atoms with Crippen LogP contribution < -0.4 is 0 Å². The summed E-state index contributed by atoms with van der Waals surface area (Å²) in [6.07, 6.45) is 0.636. The first-order valence-corrected chi connectivity index (χ1v) is 9.99. The van der Waals surface area contributed by atoms with Crippen molar-refractivity contribution >= 4 is 29.0 Å². The second-order valence-corrected chi connectivity index (χ2v) is 7.24. The monoisotopic (exact) mass is 406 g/mol. The van der Waals surface area contributed by atoms with Gasteiger partial charge in [-0.25, -0.2) is 4.79 Å². The number of aromatic amines is 1. The van der Waals surface area contributed by atoms with Crippen LogP contribution in [0.1, 0.15) is 55.1 Å². The minimum Gasteiger partial charge on any atom is -0.464 e. The molecule has 0 spiro atoms. The number of aromatic nitrogens is 1. The Morgan fingerprint density at radius 1 is 1.25 bits per heavy atom. The molecule has 0 saturated carbocycles. The van der Waals surface area contributed by atoms with E-state index in [1.54, 1.807) is 26.0 Å². The Morgan fingerprint density at radius 2 is 2.00 bits per heavy atom. The molecular weight excluding hydrogens is 380 g/mol. The highest BCUT2D eigenvalue weighted by Gasteiger charge is 2.26. The van der Waals surface area contributed by atoms with Crippen LogP contribution in [0.5, 0.6) is 0 Å². The smallest absolute Gasteiger partial charge is 0.354 e. The Hall–Kier alpha value is -2.45. The molecule has 0 aromatic carbocycles. The van der Waals surface area contributed by atoms with Crippen molar-refractivity contribution in [2.75, 3.05) is 33.4 Å². The van der Waals surface area contributed by atoms with Crippen molar-refractivity contribution in [3.05, 3.63) is 44.9 Å². The lowest BCUT2D eigenvalue weighted by Crippen LogP contribution is -2.37. The molecule has 1 amide bonds. The molecule has 1 N–H and O–H groups in total. The van der Waals surface area contributed by atoms with Gasteiger partial charge in [-0.2, -0.15) is 0 Å². The van der Waals surface area contributed by atoms with Crippen LogP contribution in [0.2, 0.25) is 0 Å². The highest BCUT2D eigenvalue weighted by atomic mass is 32.1. The molecule has 0 aliphatic carbocycles. The summed E-state index contributed by atoms with van der Waals surface area (Å²) < 4.78 is 10.1. The summed E-state index contributed by atoms with van der Waals surface area (Å²) in [5, 5.41) is 1.83. The van der Waals surface area contributed by atoms with Gasteiger partial charge in [0.05, 0.1) is 18.5 Å². The minimum atomic E-state index is -0.525. The quantitative estimate of drug-likeness (QED) is 0.372. The molecule has 2 aromatic heterocycles. The number of carbonyl (C=O) groups is 3. The van der Waals surface area contributed by atoms with Crippen molar-refractivity contribution in [3.63, 3.8) is 0 Å². The lowest BCUT2D eigenvalue weighted by atomic mass is 10.0. The van der Waals surface area contributed by atoms with Gasteiger partial charge in [0.25, 0.3) is 5.91 Å². The molecule has 0 bridgehead atoms. The lowest BCUT2D eigenvalue weighted by Gasteiger charge is -2.21. The van der Waals surface area contributed by atoms with Crippen LogP contribution in [0.25, 0.3) is 0 Å². The summed E-state index contributed by atoms with van der Waals surface area (Å²) >= 11 is 1.34. The summed E-state index contributed by atoms with van der Waals surface area (Å²) in [6.45, 7) is 6.81. The highest BCUT2D eigenvalue weighted by molar-refractivity contribution is 7.12. The summed E-state index contributed by atoms with van der Waals surface area (Å²) in [6, 6.07) is 3.55. The predicted octanol–water partition coefficient (Wildman–Crippen LogP) is 3.23. The number of Topliss-reactive ketones (excluding diaryl/α,β-unsaturated/α-hetero) is 1. The Labute approximate surface area is 168 Å². The molecule has 28 heavy (non-hydrogen) atoms. The number of ether oxygens (including phenoxy) is 2. The van der Waals surface area contributed by atoms with E-state index in [-0.39, 0.29) is 23.9 Å². The van der Waals surface area contributed by atoms with Crippen molar-refractivity contribution in [2.45, 2.75) is 27.2 Å². The third-order valence-corrected chi connectivity index (χ3v) is 5.24. The van der Waals surface area contributed by atoms with Crippen LogP contribution in [0.15, 0.2) is 17.5 Å². The predicted molar refractivity (Wildman–Crippen MR) is 107 cm³/mol. The summed E-state index contributed by atoms with van der Waals surface area (Å²) in [5.41, 5.74) is 1.80. The Bertz CT molecular complexity index is 826. The lowest BCUT2D eigenvalue weighted by molar-refractivity contribution is 0.0593. The average molecular weight is 407 g/mol. The van der Waals surface area contributed by atoms with Gasteiger partial charge in [0.2, 0.25) is 0 Å². The number of rotatable bonds is 10. The summed E-state index contributed by atoms with van der Waals surface area (Å²) in [4.78, 5) is 42.7. The van der Waals surface area contributed by atoms with E-state index >= 15 is 0 Å². The summed E-state index contributed by atoms with van der Waals surface area (Å²) in [7, 11) is 1.29. The third kappa shape index (κ3) is 5.08. The SMILES string of the molecule is CCOCCCN(CC(=O)c1c(C)[nH]c(C(=O)OC)c1C)C(=O)c1cccs1. The Morgan fingerprint density at radius 3 is 2.61 bits per heavy atom. The number of ketones is 1. The van der Waals surface area contributed by atoms with E-state index in [0.717, 1.165) is 0 Å². The minimum absolute atomic E-state index is 0.0665. The number of esters is 1. The Balaban J connectivity index is 2.21. The van der Waals surface area contributed by atoms with E-state index in [4.69, 9.17) is 9.47 Å². The molecule has 0 fully saturated rings. The van der Waals surface area contributed by atoms with E-state index in [0.29, 0.717) is 47.9 Å². The molecule has 8 heteroatoms. The number of hydrogen-bond donors (Lipinski definition) is 1. The van der Waals surface area contributed by atoms with Gasteiger partial charge in [-0.05, 0) is 44.2 Å². The van der Waals surface area contributed by atoms with Crippen molar-refractivity contribution in [1.29, 1.82) is 0 Å². The number of amides is 1.